The topological polar surface area (TPSA) is 40.5 Å². The molecule has 2 fully saturated rings. The summed E-state index contributed by atoms with van der Waals surface area (Å²) in [6.45, 7) is 2.34. The predicted octanol–water partition coefficient (Wildman–Crippen LogP) is 6.42. The molecule has 0 unspecified atom stereocenters. The van der Waals surface area contributed by atoms with E-state index in [2.05, 4.69) is 31.2 Å². The molecule has 1 aromatic carbocycles. The minimum atomic E-state index is -0.137. The number of unbranched alkanes of at least 4 members (excludes halogenated alkanes) is 2. The van der Waals surface area contributed by atoms with Crippen LogP contribution in [0.25, 0.3) is 0 Å². The smallest absolute Gasteiger partial charge is 0.0521 e. The molecule has 0 saturated heterocycles. The average molecular weight is 387 g/mol. The van der Waals surface area contributed by atoms with E-state index < -0.39 is 0 Å². The van der Waals surface area contributed by atoms with Crippen LogP contribution in [0.2, 0.25) is 0 Å². The fourth-order valence-electron chi connectivity index (χ4n) is 5.86. The lowest BCUT2D eigenvalue weighted by Crippen LogP contribution is -2.25. The van der Waals surface area contributed by atoms with Crippen LogP contribution >= 0.6 is 0 Å². The highest BCUT2D eigenvalue weighted by Gasteiger charge is 2.31. The maximum Gasteiger partial charge on any atom is 0.0521 e. The van der Waals surface area contributed by atoms with Gasteiger partial charge >= 0.3 is 0 Å². The maximum atomic E-state index is 9.36. The van der Waals surface area contributed by atoms with E-state index in [4.69, 9.17) is 0 Å². The van der Waals surface area contributed by atoms with Gasteiger partial charge in [0.15, 0.2) is 0 Å². The first-order chi connectivity index (χ1) is 13.7. The Morgan fingerprint density at radius 3 is 1.89 bits per heavy atom. The first-order valence-electron chi connectivity index (χ1n) is 12.1. The first kappa shape index (κ1) is 21.8. The van der Waals surface area contributed by atoms with Gasteiger partial charge in [-0.3, -0.25) is 0 Å². The first-order valence-corrected chi connectivity index (χ1v) is 12.1. The van der Waals surface area contributed by atoms with Crippen LogP contribution in [0.1, 0.15) is 107 Å². The van der Waals surface area contributed by atoms with Crippen molar-refractivity contribution in [3.05, 3.63) is 35.4 Å². The van der Waals surface area contributed by atoms with Gasteiger partial charge in [-0.2, -0.15) is 0 Å². The second-order valence-corrected chi connectivity index (χ2v) is 9.62. The molecular weight excluding hydrogens is 344 g/mol. The molecular formula is C26H42O2. The molecule has 0 atom stereocenters. The van der Waals surface area contributed by atoms with Gasteiger partial charge in [-0.1, -0.05) is 69.7 Å². The van der Waals surface area contributed by atoms with E-state index in [1.165, 1.54) is 82.6 Å². The molecule has 2 aliphatic rings. The largest absolute Gasteiger partial charge is 0.396 e. The van der Waals surface area contributed by atoms with Crippen LogP contribution in [0, 0.1) is 17.8 Å². The molecule has 0 aliphatic heterocycles. The van der Waals surface area contributed by atoms with Gasteiger partial charge in [-0.15, -0.1) is 0 Å². The monoisotopic (exact) mass is 386 g/mol. The molecule has 0 heterocycles. The van der Waals surface area contributed by atoms with Gasteiger partial charge in [-0.25, -0.2) is 0 Å². The fourth-order valence-corrected chi connectivity index (χ4v) is 5.86. The number of hydrogen-bond donors (Lipinski definition) is 2. The zero-order chi connectivity index (χ0) is 19.8. The van der Waals surface area contributed by atoms with Crippen LogP contribution in [0.15, 0.2) is 24.3 Å². The van der Waals surface area contributed by atoms with Crippen LogP contribution in [0.3, 0.4) is 0 Å². The lowest BCUT2D eigenvalue weighted by atomic mass is 9.68. The molecule has 158 valence electrons. The van der Waals surface area contributed by atoms with Gasteiger partial charge in [0.25, 0.3) is 0 Å². The van der Waals surface area contributed by atoms with Crippen LogP contribution in [-0.4, -0.2) is 23.4 Å². The molecule has 2 N–H and O–H groups in total. The molecule has 0 amide bonds. The summed E-state index contributed by atoms with van der Waals surface area (Å²) < 4.78 is 0. The summed E-state index contributed by atoms with van der Waals surface area (Å²) in [6, 6.07) is 8.69. The quantitative estimate of drug-likeness (QED) is 0.481. The van der Waals surface area contributed by atoms with Crippen LogP contribution in [-0.2, 0) is 0 Å². The van der Waals surface area contributed by atoms with Crippen LogP contribution in [0.4, 0.5) is 0 Å². The summed E-state index contributed by atoms with van der Waals surface area (Å²) in [5.41, 5.74) is 2.51. The van der Waals surface area contributed by atoms with Crippen LogP contribution in [0.5, 0.6) is 0 Å². The number of aliphatic hydroxyl groups is 2. The Morgan fingerprint density at radius 1 is 0.786 bits per heavy atom. The second kappa shape index (κ2) is 11.4. The summed E-state index contributed by atoms with van der Waals surface area (Å²) in [7, 11) is 0. The third-order valence-electron chi connectivity index (χ3n) is 7.87. The van der Waals surface area contributed by atoms with Crippen molar-refractivity contribution >= 4 is 0 Å². The summed E-state index contributed by atoms with van der Waals surface area (Å²) in [5.74, 6) is 3.57. The summed E-state index contributed by atoms with van der Waals surface area (Å²) in [6.07, 6.45) is 17.2. The Kier molecular flexibility index (Phi) is 8.86. The summed E-state index contributed by atoms with van der Waals surface area (Å²) in [4.78, 5) is 0. The van der Waals surface area contributed by atoms with Gasteiger partial charge in [0, 0.05) is 5.92 Å². The molecule has 0 spiro atoms. The standard InChI is InChI=1S/C26H42O2/c1-2-3-4-5-20-6-8-21(9-7-20)22-10-12-23(13-11-22)24-14-16-25(17-15-24)26(18-27)19-28/h14-17,20-23,26-28H,2-13,18-19H2,1H3. The molecule has 3 rings (SSSR count). The summed E-state index contributed by atoms with van der Waals surface area (Å²) >= 11 is 0. The third-order valence-corrected chi connectivity index (χ3v) is 7.87. The Labute approximate surface area is 172 Å². The number of rotatable bonds is 9. The molecule has 2 aliphatic carbocycles. The zero-order valence-electron chi connectivity index (χ0n) is 18.0. The molecule has 2 heteroatoms. The highest BCUT2D eigenvalue weighted by atomic mass is 16.3. The summed E-state index contributed by atoms with van der Waals surface area (Å²) in [5, 5.41) is 18.7. The van der Waals surface area contributed by atoms with Gasteiger partial charge in [-0.05, 0) is 73.3 Å². The maximum absolute atomic E-state index is 9.36. The number of benzene rings is 1. The lowest BCUT2D eigenvalue weighted by Gasteiger charge is -2.38. The lowest BCUT2D eigenvalue weighted by molar-refractivity contribution is 0.155. The molecule has 0 bridgehead atoms. The molecule has 0 radical (unpaired) electrons. The van der Waals surface area contributed by atoms with Crippen molar-refractivity contribution in [2.45, 2.75) is 95.8 Å². The highest BCUT2D eigenvalue weighted by Crippen LogP contribution is 2.44. The minimum absolute atomic E-state index is 0.0157. The zero-order valence-corrected chi connectivity index (χ0v) is 18.0. The van der Waals surface area contributed by atoms with Gasteiger partial charge < -0.3 is 10.2 Å². The minimum Gasteiger partial charge on any atom is -0.396 e. The Hall–Kier alpha value is -0.860. The molecule has 1 aromatic rings. The predicted molar refractivity (Wildman–Crippen MR) is 118 cm³/mol. The van der Waals surface area contributed by atoms with Gasteiger partial charge in [0.1, 0.15) is 0 Å². The van der Waals surface area contributed by atoms with Crippen molar-refractivity contribution in [2.75, 3.05) is 13.2 Å². The molecule has 2 nitrogen and oxygen atoms in total. The van der Waals surface area contributed by atoms with Crippen molar-refractivity contribution in [3.8, 4) is 0 Å². The third kappa shape index (κ3) is 5.83. The SMILES string of the molecule is CCCCCC1CCC(C2CCC(c3ccc(C(CO)CO)cc3)CC2)CC1. The normalized spacial score (nSPS) is 28.6. The van der Waals surface area contributed by atoms with Crippen molar-refractivity contribution in [2.24, 2.45) is 17.8 Å². The van der Waals surface area contributed by atoms with E-state index in [1.54, 1.807) is 0 Å². The molecule has 2 saturated carbocycles. The Morgan fingerprint density at radius 2 is 1.36 bits per heavy atom. The number of aliphatic hydroxyl groups excluding tert-OH is 2. The van der Waals surface area contributed by atoms with E-state index in [1.807, 2.05) is 0 Å². The fraction of sp³-hybridized carbons (Fsp3) is 0.769. The van der Waals surface area contributed by atoms with E-state index in [0.717, 1.165) is 23.3 Å². The van der Waals surface area contributed by atoms with Crippen molar-refractivity contribution in [1.29, 1.82) is 0 Å². The van der Waals surface area contributed by atoms with E-state index in [-0.39, 0.29) is 19.1 Å². The van der Waals surface area contributed by atoms with Crippen LogP contribution < -0.4 is 0 Å². The van der Waals surface area contributed by atoms with Crippen molar-refractivity contribution in [3.63, 3.8) is 0 Å². The average Bonchev–Trinajstić information content (AvgIpc) is 2.76. The molecule has 28 heavy (non-hydrogen) atoms. The highest BCUT2D eigenvalue weighted by molar-refractivity contribution is 5.28. The van der Waals surface area contributed by atoms with E-state index in [0.29, 0.717) is 5.92 Å². The van der Waals surface area contributed by atoms with Crippen molar-refractivity contribution in [1.82, 2.24) is 0 Å². The van der Waals surface area contributed by atoms with Gasteiger partial charge in [0.2, 0.25) is 0 Å². The second-order valence-electron chi connectivity index (χ2n) is 9.62. The van der Waals surface area contributed by atoms with E-state index in [9.17, 15) is 10.2 Å². The van der Waals surface area contributed by atoms with Crippen molar-refractivity contribution < 1.29 is 10.2 Å². The number of hydrogen-bond acceptors (Lipinski definition) is 2. The van der Waals surface area contributed by atoms with E-state index >= 15 is 0 Å². The Bertz CT molecular complexity index is 532. The Balaban J connectivity index is 1.42. The van der Waals surface area contributed by atoms with Gasteiger partial charge in [0.05, 0.1) is 13.2 Å². The molecule has 0 aromatic heterocycles.